The molecule has 0 aliphatic heterocycles. The van der Waals surface area contributed by atoms with Crippen LogP contribution in [0.15, 0.2) is 12.2 Å². The van der Waals surface area contributed by atoms with Gasteiger partial charge < -0.3 is 29.9 Å². The van der Waals surface area contributed by atoms with Crippen LogP contribution >= 0.6 is 0 Å². The van der Waals surface area contributed by atoms with Gasteiger partial charge in [0.25, 0.3) is 5.97 Å². The zero-order chi connectivity index (χ0) is 14.9. The molecular weight excluding hydrogens is 260 g/mol. The minimum Gasteiger partial charge on any atom is -0.463 e. The number of aliphatic hydroxyl groups is 4. The molecule has 0 aliphatic rings. The zero-order valence-electron chi connectivity index (χ0n) is 10.5. The van der Waals surface area contributed by atoms with Gasteiger partial charge >= 0.3 is 11.9 Å². The number of hydrogen-bond donors (Lipinski definition) is 4. The maximum absolute atomic E-state index is 11.1. The number of esters is 2. The number of carbonyl (C=O) groups is 2. The Bertz CT molecular complexity index is 317. The van der Waals surface area contributed by atoms with Gasteiger partial charge in [0.2, 0.25) is 6.29 Å². The lowest BCUT2D eigenvalue weighted by molar-refractivity contribution is -0.315. The summed E-state index contributed by atoms with van der Waals surface area (Å²) in [7, 11) is 0. The number of ether oxygens (including phenoxy) is 2. The fourth-order valence-electron chi connectivity index (χ4n) is 1.07. The maximum Gasteiger partial charge on any atom is 0.333 e. The Labute approximate surface area is 109 Å². The Balaban J connectivity index is 3.90. The molecule has 4 N–H and O–H groups in total. The van der Waals surface area contributed by atoms with Crippen LogP contribution in [0.5, 0.6) is 0 Å². The van der Waals surface area contributed by atoms with E-state index in [1.807, 2.05) is 0 Å². The highest BCUT2D eigenvalue weighted by molar-refractivity contribution is 5.91. The Kier molecular flexibility index (Phi) is 7.92. The SMILES string of the molecule is CCOC(=O)/C=C\C(=O)OC(O)CCCC(O)(O)O. The van der Waals surface area contributed by atoms with Crippen molar-refractivity contribution >= 4 is 11.9 Å². The van der Waals surface area contributed by atoms with E-state index in [9.17, 15) is 14.7 Å². The standard InChI is InChI=1S/C11H18O8/c1-2-18-8(12)5-6-10(14)19-9(13)4-3-7-11(15,16)17/h5-6,9,13,15-17H,2-4,7H2,1H3/b6-5-. The monoisotopic (exact) mass is 278 g/mol. The Hall–Kier alpha value is -1.48. The van der Waals surface area contributed by atoms with Crippen LogP contribution < -0.4 is 0 Å². The molecule has 8 heteroatoms. The van der Waals surface area contributed by atoms with E-state index in [0.717, 1.165) is 12.2 Å². The van der Waals surface area contributed by atoms with E-state index in [1.165, 1.54) is 0 Å². The summed E-state index contributed by atoms with van der Waals surface area (Å²) in [5.41, 5.74) is 0. The summed E-state index contributed by atoms with van der Waals surface area (Å²) in [6.07, 6.45) is -0.293. The van der Waals surface area contributed by atoms with Gasteiger partial charge in [-0.25, -0.2) is 9.59 Å². The molecule has 0 rings (SSSR count). The first-order valence-corrected chi connectivity index (χ1v) is 5.65. The van der Waals surface area contributed by atoms with Crippen LogP contribution in [0.4, 0.5) is 0 Å². The van der Waals surface area contributed by atoms with Gasteiger partial charge in [-0.05, 0) is 13.3 Å². The second-order valence-electron chi connectivity index (χ2n) is 3.64. The topological polar surface area (TPSA) is 134 Å². The third-order valence-electron chi connectivity index (χ3n) is 1.86. The molecule has 0 aromatic rings. The normalized spacial score (nSPS) is 13.3. The maximum atomic E-state index is 11.1. The quantitative estimate of drug-likeness (QED) is 0.246. The predicted molar refractivity (Wildman–Crippen MR) is 61.1 cm³/mol. The molecule has 0 radical (unpaired) electrons. The molecule has 8 nitrogen and oxygen atoms in total. The molecule has 0 aliphatic carbocycles. The first-order chi connectivity index (χ1) is 8.74. The van der Waals surface area contributed by atoms with Crippen LogP contribution in [-0.4, -0.2) is 51.2 Å². The van der Waals surface area contributed by atoms with Crippen LogP contribution in [0.3, 0.4) is 0 Å². The van der Waals surface area contributed by atoms with Crippen molar-refractivity contribution in [2.75, 3.05) is 6.61 Å². The minimum atomic E-state index is -2.81. The van der Waals surface area contributed by atoms with E-state index < -0.39 is 30.6 Å². The third kappa shape index (κ3) is 11.3. The Morgan fingerprint density at radius 2 is 1.79 bits per heavy atom. The first kappa shape index (κ1) is 17.5. The van der Waals surface area contributed by atoms with E-state index in [0.29, 0.717) is 0 Å². The largest absolute Gasteiger partial charge is 0.463 e. The molecule has 0 aromatic heterocycles. The summed E-state index contributed by atoms with van der Waals surface area (Å²) >= 11 is 0. The average molecular weight is 278 g/mol. The Morgan fingerprint density at radius 3 is 2.32 bits per heavy atom. The molecular formula is C11H18O8. The summed E-state index contributed by atoms with van der Waals surface area (Å²) in [4.78, 5) is 22.0. The van der Waals surface area contributed by atoms with Crippen molar-refractivity contribution in [2.45, 2.75) is 38.4 Å². The van der Waals surface area contributed by atoms with Gasteiger partial charge in [-0.1, -0.05) is 0 Å². The molecule has 0 spiro atoms. The van der Waals surface area contributed by atoms with Crippen LogP contribution in [0.1, 0.15) is 26.2 Å². The number of carbonyl (C=O) groups excluding carboxylic acids is 2. The van der Waals surface area contributed by atoms with E-state index in [1.54, 1.807) is 6.92 Å². The van der Waals surface area contributed by atoms with Crippen LogP contribution in [0.2, 0.25) is 0 Å². The van der Waals surface area contributed by atoms with Crippen molar-refractivity contribution in [1.29, 1.82) is 0 Å². The fourth-order valence-corrected chi connectivity index (χ4v) is 1.07. The minimum absolute atomic E-state index is 0.0134. The molecule has 0 bridgehead atoms. The van der Waals surface area contributed by atoms with Gasteiger partial charge in [-0.3, -0.25) is 0 Å². The first-order valence-electron chi connectivity index (χ1n) is 5.65. The van der Waals surface area contributed by atoms with Gasteiger partial charge in [0, 0.05) is 25.0 Å². The van der Waals surface area contributed by atoms with Crippen molar-refractivity contribution in [3.05, 3.63) is 12.2 Å². The van der Waals surface area contributed by atoms with Crippen LogP contribution in [-0.2, 0) is 19.1 Å². The molecule has 0 fully saturated rings. The summed E-state index contributed by atoms with van der Waals surface area (Å²) in [6, 6.07) is 0. The molecule has 0 aromatic carbocycles. The lowest BCUT2D eigenvalue weighted by atomic mass is 10.2. The van der Waals surface area contributed by atoms with E-state index in [4.69, 9.17) is 15.3 Å². The highest BCUT2D eigenvalue weighted by Gasteiger charge is 2.18. The number of hydrogen-bond acceptors (Lipinski definition) is 8. The average Bonchev–Trinajstić information content (AvgIpc) is 2.25. The fraction of sp³-hybridized carbons (Fsp3) is 0.636. The van der Waals surface area contributed by atoms with Crippen molar-refractivity contribution < 1.29 is 39.5 Å². The third-order valence-corrected chi connectivity index (χ3v) is 1.86. The summed E-state index contributed by atoms with van der Waals surface area (Å²) in [6.45, 7) is 1.78. The summed E-state index contributed by atoms with van der Waals surface area (Å²) < 4.78 is 8.99. The molecule has 0 saturated heterocycles. The molecule has 19 heavy (non-hydrogen) atoms. The highest BCUT2D eigenvalue weighted by Crippen LogP contribution is 2.09. The van der Waals surface area contributed by atoms with Gasteiger partial charge in [-0.2, -0.15) is 0 Å². The highest BCUT2D eigenvalue weighted by atomic mass is 16.7. The van der Waals surface area contributed by atoms with Gasteiger partial charge in [-0.15, -0.1) is 0 Å². The second kappa shape index (κ2) is 8.59. The van der Waals surface area contributed by atoms with E-state index in [-0.39, 0.29) is 19.4 Å². The van der Waals surface area contributed by atoms with Crippen molar-refractivity contribution in [1.82, 2.24) is 0 Å². The molecule has 1 unspecified atom stereocenters. The predicted octanol–water partition coefficient (Wildman–Crippen LogP) is -1.23. The van der Waals surface area contributed by atoms with Gasteiger partial charge in [0.1, 0.15) is 0 Å². The summed E-state index contributed by atoms with van der Waals surface area (Å²) in [5, 5.41) is 34.9. The van der Waals surface area contributed by atoms with E-state index >= 15 is 0 Å². The van der Waals surface area contributed by atoms with E-state index in [2.05, 4.69) is 9.47 Å². The lowest BCUT2D eigenvalue weighted by Gasteiger charge is -2.15. The van der Waals surface area contributed by atoms with Crippen molar-refractivity contribution in [2.24, 2.45) is 0 Å². The molecule has 0 heterocycles. The second-order valence-corrected chi connectivity index (χ2v) is 3.64. The van der Waals surface area contributed by atoms with Crippen LogP contribution in [0, 0.1) is 0 Å². The van der Waals surface area contributed by atoms with Gasteiger partial charge in [0.15, 0.2) is 0 Å². The zero-order valence-corrected chi connectivity index (χ0v) is 10.5. The summed E-state index contributed by atoms with van der Waals surface area (Å²) in [5.74, 6) is -4.46. The lowest BCUT2D eigenvalue weighted by Crippen LogP contribution is -2.27. The van der Waals surface area contributed by atoms with Crippen molar-refractivity contribution in [3.8, 4) is 0 Å². The molecule has 0 amide bonds. The smallest absolute Gasteiger partial charge is 0.333 e. The van der Waals surface area contributed by atoms with Gasteiger partial charge in [0.05, 0.1) is 6.61 Å². The number of aliphatic hydroxyl groups excluding tert-OH is 1. The molecule has 1 atom stereocenters. The van der Waals surface area contributed by atoms with Crippen molar-refractivity contribution in [3.63, 3.8) is 0 Å². The van der Waals surface area contributed by atoms with Crippen LogP contribution in [0.25, 0.3) is 0 Å². The molecule has 110 valence electrons. The Morgan fingerprint density at radius 1 is 1.21 bits per heavy atom. The molecule has 0 saturated carbocycles. The number of rotatable bonds is 8.